The van der Waals surface area contributed by atoms with E-state index in [1.54, 1.807) is 24.0 Å². The molecule has 0 aliphatic carbocycles. The van der Waals surface area contributed by atoms with Crippen molar-refractivity contribution in [1.29, 1.82) is 5.26 Å². The van der Waals surface area contributed by atoms with Gasteiger partial charge < -0.3 is 5.32 Å². The molecule has 0 unspecified atom stereocenters. The summed E-state index contributed by atoms with van der Waals surface area (Å²) in [4.78, 5) is 0. The zero-order valence-electron chi connectivity index (χ0n) is 9.86. The van der Waals surface area contributed by atoms with Crippen molar-refractivity contribution in [2.45, 2.75) is 6.18 Å². The van der Waals surface area contributed by atoms with Gasteiger partial charge in [0.25, 0.3) is 0 Å². The van der Waals surface area contributed by atoms with Crippen molar-refractivity contribution in [2.24, 2.45) is 7.05 Å². The summed E-state index contributed by atoms with van der Waals surface area (Å²) in [6.45, 7) is 0. The summed E-state index contributed by atoms with van der Waals surface area (Å²) in [5.41, 5.74) is -0.0123. The first-order valence-corrected chi connectivity index (χ1v) is 5.27. The number of hydrogen-bond donors (Lipinski definition) is 1. The lowest BCUT2D eigenvalue weighted by molar-refractivity contribution is -0.137. The van der Waals surface area contributed by atoms with Crippen LogP contribution in [-0.2, 0) is 13.2 Å². The molecular weight excluding hydrogens is 257 g/mol. The first kappa shape index (κ1) is 13.0. The van der Waals surface area contributed by atoms with Gasteiger partial charge in [0.1, 0.15) is 6.07 Å². The summed E-state index contributed by atoms with van der Waals surface area (Å²) in [6.07, 6.45) is -1.30. The van der Waals surface area contributed by atoms with Crippen molar-refractivity contribution < 1.29 is 13.2 Å². The Morgan fingerprint density at radius 1 is 1.37 bits per heavy atom. The van der Waals surface area contributed by atoms with Gasteiger partial charge in [-0.05, 0) is 18.2 Å². The van der Waals surface area contributed by atoms with Crippen LogP contribution in [0, 0.1) is 11.3 Å². The van der Waals surface area contributed by atoms with Crippen LogP contribution in [0.5, 0.6) is 0 Å². The van der Waals surface area contributed by atoms with E-state index in [1.807, 2.05) is 0 Å². The third-order valence-corrected chi connectivity index (χ3v) is 2.45. The van der Waals surface area contributed by atoms with Crippen LogP contribution in [0.2, 0.25) is 0 Å². The van der Waals surface area contributed by atoms with Crippen molar-refractivity contribution in [3.8, 4) is 6.07 Å². The predicted octanol–water partition coefficient (Wildman–Crippen LogP) is 3.05. The molecule has 7 heteroatoms. The van der Waals surface area contributed by atoms with Gasteiger partial charge in [-0.2, -0.15) is 23.5 Å². The van der Waals surface area contributed by atoms with Gasteiger partial charge in [-0.25, -0.2) is 0 Å². The first-order chi connectivity index (χ1) is 8.90. The fraction of sp³-hybridized carbons (Fsp3) is 0.167. The molecule has 0 atom stereocenters. The van der Waals surface area contributed by atoms with Gasteiger partial charge in [0.15, 0.2) is 0 Å². The second-order valence-corrected chi connectivity index (χ2v) is 3.90. The van der Waals surface area contributed by atoms with Crippen LogP contribution in [-0.4, -0.2) is 9.78 Å². The van der Waals surface area contributed by atoms with E-state index in [-0.39, 0.29) is 5.56 Å². The van der Waals surface area contributed by atoms with Crippen molar-refractivity contribution >= 4 is 11.4 Å². The number of anilines is 2. The van der Waals surface area contributed by atoms with E-state index in [1.165, 1.54) is 12.3 Å². The maximum atomic E-state index is 12.5. The Kier molecular flexibility index (Phi) is 3.17. The van der Waals surface area contributed by atoms with Crippen molar-refractivity contribution in [3.05, 3.63) is 41.7 Å². The molecule has 0 saturated heterocycles. The zero-order chi connectivity index (χ0) is 14.0. The highest BCUT2D eigenvalue weighted by Crippen LogP contribution is 2.32. The van der Waals surface area contributed by atoms with Crippen molar-refractivity contribution in [2.75, 3.05) is 5.32 Å². The van der Waals surface area contributed by atoms with E-state index in [0.717, 1.165) is 12.1 Å². The number of nitrogens with one attached hydrogen (secondary N) is 1. The van der Waals surface area contributed by atoms with Gasteiger partial charge in [0.2, 0.25) is 0 Å². The Bertz CT molecular complexity index is 637. The molecule has 0 bridgehead atoms. The lowest BCUT2D eigenvalue weighted by Crippen LogP contribution is -2.06. The van der Waals surface area contributed by atoms with Gasteiger partial charge in [-0.1, -0.05) is 0 Å². The van der Waals surface area contributed by atoms with E-state index < -0.39 is 11.7 Å². The molecule has 2 rings (SSSR count). The number of nitrogens with zero attached hydrogens (tertiary/aromatic N) is 3. The van der Waals surface area contributed by atoms with Gasteiger partial charge in [-0.15, -0.1) is 0 Å². The van der Waals surface area contributed by atoms with E-state index in [2.05, 4.69) is 10.4 Å². The number of benzene rings is 1. The minimum atomic E-state index is -4.46. The zero-order valence-corrected chi connectivity index (χ0v) is 9.86. The normalized spacial score (nSPS) is 11.1. The Balaban J connectivity index is 2.34. The highest BCUT2D eigenvalue weighted by molar-refractivity contribution is 5.66. The summed E-state index contributed by atoms with van der Waals surface area (Å²) < 4.78 is 39.1. The fourth-order valence-electron chi connectivity index (χ4n) is 1.56. The molecule has 1 heterocycles. The molecule has 1 aromatic carbocycles. The predicted molar refractivity (Wildman–Crippen MR) is 62.6 cm³/mol. The fourth-order valence-corrected chi connectivity index (χ4v) is 1.56. The van der Waals surface area contributed by atoms with E-state index in [4.69, 9.17) is 5.26 Å². The SMILES string of the molecule is Cn1cc(Nc2ccc(C(F)(F)F)cc2C#N)cn1. The summed E-state index contributed by atoms with van der Waals surface area (Å²) in [5.74, 6) is 0. The second kappa shape index (κ2) is 4.65. The standard InChI is InChI=1S/C12H9F3N4/c1-19-7-10(6-17-19)18-11-3-2-9(12(13,14)15)4-8(11)5-16/h2-4,6-7,18H,1H3. The summed E-state index contributed by atoms with van der Waals surface area (Å²) in [7, 11) is 1.71. The van der Waals surface area contributed by atoms with Crippen LogP contribution < -0.4 is 5.32 Å². The molecular formula is C12H9F3N4. The minimum Gasteiger partial charge on any atom is -0.352 e. The van der Waals surface area contributed by atoms with Gasteiger partial charge in [-0.3, -0.25) is 4.68 Å². The van der Waals surface area contributed by atoms with E-state index >= 15 is 0 Å². The molecule has 2 aromatic rings. The molecule has 4 nitrogen and oxygen atoms in total. The largest absolute Gasteiger partial charge is 0.416 e. The smallest absolute Gasteiger partial charge is 0.352 e. The average molecular weight is 266 g/mol. The van der Waals surface area contributed by atoms with Crippen LogP contribution in [0.1, 0.15) is 11.1 Å². The van der Waals surface area contributed by atoms with Crippen LogP contribution >= 0.6 is 0 Å². The number of aryl methyl sites for hydroxylation is 1. The van der Waals surface area contributed by atoms with Gasteiger partial charge >= 0.3 is 6.18 Å². The maximum absolute atomic E-state index is 12.5. The molecule has 0 fully saturated rings. The topological polar surface area (TPSA) is 53.6 Å². The summed E-state index contributed by atoms with van der Waals surface area (Å²) >= 11 is 0. The second-order valence-electron chi connectivity index (χ2n) is 3.90. The Morgan fingerprint density at radius 2 is 2.11 bits per heavy atom. The van der Waals surface area contributed by atoms with Crippen molar-refractivity contribution in [3.63, 3.8) is 0 Å². The Labute approximate surface area is 107 Å². The van der Waals surface area contributed by atoms with E-state index in [9.17, 15) is 13.2 Å². The van der Waals surface area contributed by atoms with Crippen molar-refractivity contribution in [1.82, 2.24) is 9.78 Å². The van der Waals surface area contributed by atoms with E-state index in [0.29, 0.717) is 11.4 Å². The van der Waals surface area contributed by atoms with Crippen LogP contribution in [0.4, 0.5) is 24.5 Å². The highest BCUT2D eigenvalue weighted by Gasteiger charge is 2.31. The summed E-state index contributed by atoms with van der Waals surface area (Å²) in [6, 6.07) is 4.72. The minimum absolute atomic E-state index is 0.0707. The maximum Gasteiger partial charge on any atom is 0.416 e. The van der Waals surface area contributed by atoms with Crippen LogP contribution in [0.15, 0.2) is 30.6 Å². The molecule has 0 aliphatic rings. The molecule has 98 valence electrons. The molecule has 1 N–H and O–H groups in total. The third-order valence-electron chi connectivity index (χ3n) is 2.45. The molecule has 0 spiro atoms. The number of nitriles is 1. The molecule has 0 radical (unpaired) electrons. The third kappa shape index (κ3) is 2.85. The van der Waals surface area contributed by atoms with Crippen LogP contribution in [0.3, 0.4) is 0 Å². The van der Waals surface area contributed by atoms with Gasteiger partial charge in [0.05, 0.1) is 28.7 Å². The number of alkyl halides is 3. The van der Waals surface area contributed by atoms with Crippen LogP contribution in [0.25, 0.3) is 0 Å². The molecule has 19 heavy (non-hydrogen) atoms. The Morgan fingerprint density at radius 3 is 2.63 bits per heavy atom. The van der Waals surface area contributed by atoms with Gasteiger partial charge in [0, 0.05) is 13.2 Å². The number of hydrogen-bond acceptors (Lipinski definition) is 3. The molecule has 0 amide bonds. The monoisotopic (exact) mass is 266 g/mol. The quantitative estimate of drug-likeness (QED) is 0.908. The Hall–Kier alpha value is -2.49. The molecule has 0 saturated carbocycles. The molecule has 0 aliphatic heterocycles. The number of rotatable bonds is 2. The first-order valence-electron chi connectivity index (χ1n) is 5.27. The highest BCUT2D eigenvalue weighted by atomic mass is 19.4. The lowest BCUT2D eigenvalue weighted by atomic mass is 10.1. The number of aromatic nitrogens is 2. The lowest BCUT2D eigenvalue weighted by Gasteiger charge is -2.10. The molecule has 1 aromatic heterocycles. The average Bonchev–Trinajstić information content (AvgIpc) is 2.74. The number of halogens is 3. The summed E-state index contributed by atoms with van der Waals surface area (Å²) in [5, 5.41) is 15.7.